The van der Waals surface area contributed by atoms with Crippen LogP contribution in [-0.4, -0.2) is 4.57 Å². The minimum Gasteiger partial charge on any atom is -0.333 e. The molecule has 1 heterocycles. The van der Waals surface area contributed by atoms with Crippen LogP contribution in [0.2, 0.25) is 0 Å². The Morgan fingerprint density at radius 2 is 1.21 bits per heavy atom. The molecule has 0 amide bonds. The molecule has 2 heteroatoms. The van der Waals surface area contributed by atoms with Crippen molar-refractivity contribution >= 4 is 49.6 Å². The van der Waals surface area contributed by atoms with Crippen molar-refractivity contribution in [1.29, 1.82) is 0 Å². The van der Waals surface area contributed by atoms with E-state index in [4.69, 9.17) is 0 Å². The van der Waals surface area contributed by atoms with E-state index in [9.17, 15) is 0 Å². The first kappa shape index (κ1) is 33.4. The predicted molar refractivity (Wildman–Crippen MR) is 242 cm³/mol. The fourth-order valence-corrected chi connectivity index (χ4v) is 9.69. The van der Waals surface area contributed by atoms with E-state index in [0.29, 0.717) is 0 Å². The lowest BCUT2D eigenvalue weighted by Gasteiger charge is -2.30. The number of benzene rings is 8. The Morgan fingerprint density at radius 3 is 2.05 bits per heavy atom. The number of hydrogen-bond donors (Lipinski definition) is 0. The van der Waals surface area contributed by atoms with Gasteiger partial charge in [-0.3, -0.25) is 0 Å². The molecule has 2 aliphatic rings. The van der Waals surface area contributed by atoms with Gasteiger partial charge in [0, 0.05) is 38.5 Å². The number of nitrogens with zero attached hydrogens (tertiary/aromatic N) is 2. The molecule has 0 N–H and O–H groups in total. The van der Waals surface area contributed by atoms with Crippen molar-refractivity contribution in [2.45, 2.75) is 31.7 Å². The maximum absolute atomic E-state index is 2.58. The molecule has 1 aromatic heterocycles. The van der Waals surface area contributed by atoms with Crippen LogP contribution in [0, 0.1) is 0 Å². The highest BCUT2D eigenvalue weighted by Gasteiger charge is 2.36. The van der Waals surface area contributed by atoms with E-state index in [1.54, 1.807) is 0 Å². The topological polar surface area (TPSA) is 8.17 Å². The molecule has 57 heavy (non-hydrogen) atoms. The largest absolute Gasteiger partial charge is 0.333 e. The molecule has 0 saturated heterocycles. The maximum Gasteiger partial charge on any atom is 0.0576 e. The van der Waals surface area contributed by atoms with E-state index in [2.05, 4.69) is 224 Å². The highest BCUT2D eigenvalue weighted by molar-refractivity contribution is 6.18. The van der Waals surface area contributed by atoms with Gasteiger partial charge in [0.05, 0.1) is 22.8 Å². The summed E-state index contributed by atoms with van der Waals surface area (Å²) in [5.74, 6) is 0. The molecule has 1 unspecified atom stereocenters. The van der Waals surface area contributed by atoms with Gasteiger partial charge in [-0.25, -0.2) is 0 Å². The van der Waals surface area contributed by atoms with Gasteiger partial charge in [-0.15, -0.1) is 0 Å². The summed E-state index contributed by atoms with van der Waals surface area (Å²) in [5, 5.41) is 5.18. The fourth-order valence-electron chi connectivity index (χ4n) is 9.69. The predicted octanol–water partition coefficient (Wildman–Crippen LogP) is 15.1. The van der Waals surface area contributed by atoms with Crippen LogP contribution in [0.3, 0.4) is 0 Å². The second kappa shape index (κ2) is 13.1. The van der Waals surface area contributed by atoms with Gasteiger partial charge >= 0.3 is 0 Å². The van der Waals surface area contributed by atoms with Crippen molar-refractivity contribution in [2.75, 3.05) is 4.90 Å². The van der Waals surface area contributed by atoms with Gasteiger partial charge < -0.3 is 9.47 Å². The summed E-state index contributed by atoms with van der Waals surface area (Å²) in [6, 6.07) is 65.4. The van der Waals surface area contributed by atoms with Gasteiger partial charge in [0.2, 0.25) is 0 Å². The average Bonchev–Trinajstić information content (AvgIpc) is 3.73. The summed E-state index contributed by atoms with van der Waals surface area (Å²) in [7, 11) is 0. The zero-order valence-corrected chi connectivity index (χ0v) is 32.2. The lowest BCUT2D eigenvalue weighted by molar-refractivity contribution is 0.649. The van der Waals surface area contributed by atoms with Crippen LogP contribution < -0.4 is 4.90 Å². The molecule has 2 aliphatic carbocycles. The molecular formula is C55H42N2. The first-order valence-corrected chi connectivity index (χ1v) is 20.1. The maximum atomic E-state index is 2.58. The molecule has 1 atom stereocenters. The van der Waals surface area contributed by atoms with Crippen LogP contribution in [0.4, 0.5) is 17.1 Å². The number of para-hydroxylation sites is 1. The van der Waals surface area contributed by atoms with Crippen molar-refractivity contribution in [3.8, 4) is 33.4 Å². The van der Waals surface area contributed by atoms with E-state index in [0.717, 1.165) is 23.5 Å². The molecule has 0 spiro atoms. The normalized spacial score (nSPS) is 15.3. The molecule has 0 radical (unpaired) electrons. The number of allylic oxidation sites excluding steroid dienone is 4. The lowest BCUT2D eigenvalue weighted by atomic mass is 9.82. The van der Waals surface area contributed by atoms with Crippen LogP contribution in [0.25, 0.3) is 66.0 Å². The van der Waals surface area contributed by atoms with Crippen LogP contribution >= 0.6 is 0 Å². The molecule has 9 aromatic rings. The zero-order valence-electron chi connectivity index (χ0n) is 32.2. The average molecular weight is 731 g/mol. The number of anilines is 3. The van der Waals surface area contributed by atoms with E-state index >= 15 is 0 Å². The second-order valence-electron chi connectivity index (χ2n) is 16.1. The molecule has 11 rings (SSSR count). The number of fused-ring (bicyclic) bond motifs is 8. The van der Waals surface area contributed by atoms with Gasteiger partial charge in [-0.05, 0) is 87.1 Å². The van der Waals surface area contributed by atoms with Gasteiger partial charge in [0.25, 0.3) is 0 Å². The summed E-state index contributed by atoms with van der Waals surface area (Å²) in [5.41, 5.74) is 16.1. The smallest absolute Gasteiger partial charge is 0.0576 e. The monoisotopic (exact) mass is 730 g/mol. The van der Waals surface area contributed by atoms with E-state index in [1.165, 1.54) is 77.1 Å². The van der Waals surface area contributed by atoms with Gasteiger partial charge in [0.1, 0.15) is 0 Å². The van der Waals surface area contributed by atoms with Crippen molar-refractivity contribution in [3.63, 3.8) is 0 Å². The molecular weight excluding hydrogens is 689 g/mol. The minimum absolute atomic E-state index is 0.104. The quantitative estimate of drug-likeness (QED) is 0.165. The van der Waals surface area contributed by atoms with Gasteiger partial charge in [-0.1, -0.05) is 178 Å². The summed E-state index contributed by atoms with van der Waals surface area (Å²) >= 11 is 0. The number of aromatic nitrogens is 1. The number of hydrogen-bond acceptors (Lipinski definition) is 1. The molecule has 272 valence electrons. The minimum atomic E-state index is -0.104. The zero-order chi connectivity index (χ0) is 38.1. The second-order valence-corrected chi connectivity index (χ2v) is 16.1. The summed E-state index contributed by atoms with van der Waals surface area (Å²) < 4.78 is 2.58. The lowest BCUT2D eigenvalue weighted by Crippen LogP contribution is -2.16. The van der Waals surface area contributed by atoms with Crippen molar-refractivity contribution in [1.82, 2.24) is 4.57 Å². The third-order valence-corrected chi connectivity index (χ3v) is 12.5. The molecule has 2 nitrogen and oxygen atoms in total. The van der Waals surface area contributed by atoms with E-state index in [1.807, 2.05) is 0 Å². The fraction of sp³-hybridized carbons (Fsp3) is 0.0909. The first-order chi connectivity index (χ1) is 28.0. The molecule has 0 aliphatic heterocycles. The van der Waals surface area contributed by atoms with Crippen molar-refractivity contribution in [3.05, 3.63) is 211 Å². The Morgan fingerprint density at radius 1 is 0.509 bits per heavy atom. The molecule has 0 fully saturated rings. The third-order valence-electron chi connectivity index (χ3n) is 12.5. The van der Waals surface area contributed by atoms with Gasteiger partial charge in [-0.2, -0.15) is 0 Å². The van der Waals surface area contributed by atoms with E-state index in [-0.39, 0.29) is 11.5 Å². The molecule has 0 bridgehead atoms. The Balaban J connectivity index is 1.06. The summed E-state index contributed by atoms with van der Waals surface area (Å²) in [6.45, 7) is 4.72. The Bertz CT molecular complexity index is 3070. The summed E-state index contributed by atoms with van der Waals surface area (Å²) in [4.78, 5) is 2.45. The number of rotatable bonds is 6. The molecule has 0 saturated carbocycles. The van der Waals surface area contributed by atoms with Crippen molar-refractivity contribution < 1.29 is 0 Å². The van der Waals surface area contributed by atoms with E-state index < -0.39 is 0 Å². The standard InChI is InChI=1S/C55H42N2/c1-55(2)50-23-13-11-22-46(50)47-34-31-43(36-51(47)55)56(52-24-14-12-20-44(52)38-15-5-3-6-16-38)42-29-25-37(26-30-42)40-28-32-48-49-33-27-39-17-9-10-21-45(39)54(49)57(53(48)35-40)41-18-7-4-8-19-41/h3-18,20-36,41H,19H2,1-2H3. The highest BCUT2D eigenvalue weighted by atomic mass is 15.1. The molecule has 8 aromatic carbocycles. The summed E-state index contributed by atoms with van der Waals surface area (Å²) in [6.07, 6.45) is 9.98. The Labute approximate surface area is 334 Å². The van der Waals surface area contributed by atoms with Crippen molar-refractivity contribution in [2.24, 2.45) is 0 Å². The third kappa shape index (κ3) is 5.32. The van der Waals surface area contributed by atoms with Crippen LogP contribution in [0.15, 0.2) is 200 Å². The van der Waals surface area contributed by atoms with Crippen LogP contribution in [0.1, 0.15) is 37.4 Å². The van der Waals surface area contributed by atoms with Gasteiger partial charge in [0.15, 0.2) is 0 Å². The SMILES string of the molecule is CC1(C)c2ccccc2-c2ccc(N(c3ccc(-c4ccc5c6ccc7ccccc7c6n(C6C=CC=CC6)c5c4)cc3)c3ccccc3-c3ccccc3)cc21. The highest BCUT2D eigenvalue weighted by Crippen LogP contribution is 2.51. The van der Waals surface area contributed by atoms with Crippen LogP contribution in [-0.2, 0) is 5.41 Å². The van der Waals surface area contributed by atoms with Crippen LogP contribution in [0.5, 0.6) is 0 Å². The first-order valence-electron chi connectivity index (χ1n) is 20.1. The Hall–Kier alpha value is -6.90. The Kier molecular flexibility index (Phi) is 7.69.